The molecule has 5 heteroatoms. The molecule has 4 nitrogen and oxygen atoms in total. The van der Waals surface area contributed by atoms with Gasteiger partial charge in [-0.2, -0.15) is 0 Å². The minimum atomic E-state index is -0.821. The lowest BCUT2D eigenvalue weighted by atomic mass is 9.78. The van der Waals surface area contributed by atoms with Gasteiger partial charge in [-0.15, -0.1) is 0 Å². The number of ether oxygens (including phenoxy) is 2. The molecule has 3 aromatic carbocycles. The number of benzene rings is 3. The van der Waals surface area contributed by atoms with Crippen molar-refractivity contribution in [3.8, 4) is 11.5 Å². The van der Waals surface area contributed by atoms with Gasteiger partial charge in [-0.25, -0.2) is 0 Å². The average Bonchev–Trinajstić information content (AvgIpc) is 2.90. The number of Topliss-reactive ketones (excluding diaryl/α,β-unsaturated/α-hetero) is 1. The number of ketones is 1. The molecule has 0 radical (unpaired) electrons. The number of fused-ring (bicyclic) bond motifs is 2. The van der Waals surface area contributed by atoms with E-state index in [1.165, 1.54) is 0 Å². The summed E-state index contributed by atoms with van der Waals surface area (Å²) in [7, 11) is 0. The predicted molar refractivity (Wildman–Crippen MR) is 143 cm³/mol. The van der Waals surface area contributed by atoms with Crippen molar-refractivity contribution in [1.82, 2.24) is 0 Å². The zero-order chi connectivity index (χ0) is 23.9. The molecule has 4 unspecified atom stereocenters. The Kier molecular flexibility index (Phi) is 5.98. The van der Waals surface area contributed by atoms with Crippen molar-refractivity contribution in [2.75, 3.05) is 0 Å². The molecule has 6 rings (SSSR count). The van der Waals surface area contributed by atoms with E-state index in [2.05, 4.69) is 40.8 Å². The third-order valence-electron chi connectivity index (χ3n) is 7.09. The van der Waals surface area contributed by atoms with Gasteiger partial charge in [0.2, 0.25) is 0 Å². The number of hydrogen-bond acceptors (Lipinski definition) is 4. The van der Waals surface area contributed by atoms with Gasteiger partial charge in [0.05, 0.1) is 24.0 Å². The van der Waals surface area contributed by atoms with Gasteiger partial charge in [0.1, 0.15) is 23.7 Å². The Balaban J connectivity index is 1.52. The quantitative estimate of drug-likeness (QED) is 0.347. The van der Waals surface area contributed by atoms with Gasteiger partial charge >= 0.3 is 0 Å². The predicted octanol–water partition coefficient (Wildman–Crippen LogP) is 6.85. The summed E-state index contributed by atoms with van der Waals surface area (Å²) >= 11 is 2.29. The number of carbonyl (C=O) groups excluding carboxylic acids is 1. The van der Waals surface area contributed by atoms with Crippen LogP contribution in [0.3, 0.4) is 0 Å². The van der Waals surface area contributed by atoms with Gasteiger partial charge in [0.25, 0.3) is 0 Å². The molecule has 0 fully saturated rings. The fourth-order valence-corrected chi connectivity index (χ4v) is 6.17. The van der Waals surface area contributed by atoms with Crippen LogP contribution in [0.4, 0.5) is 0 Å². The highest BCUT2D eigenvalue weighted by molar-refractivity contribution is 14.1. The number of rotatable bonds is 3. The van der Waals surface area contributed by atoms with Crippen molar-refractivity contribution >= 4 is 28.4 Å². The Morgan fingerprint density at radius 2 is 1.71 bits per heavy atom. The van der Waals surface area contributed by atoms with E-state index in [-0.39, 0.29) is 11.9 Å². The molecule has 0 bridgehead atoms. The van der Waals surface area contributed by atoms with Crippen LogP contribution in [-0.2, 0) is 0 Å². The molecule has 0 saturated heterocycles. The van der Waals surface area contributed by atoms with E-state index in [9.17, 15) is 9.90 Å². The van der Waals surface area contributed by atoms with E-state index in [1.807, 2.05) is 66.7 Å². The van der Waals surface area contributed by atoms with Crippen molar-refractivity contribution in [1.29, 1.82) is 0 Å². The van der Waals surface area contributed by atoms with Crippen LogP contribution in [0.15, 0.2) is 90.5 Å². The Hall–Kier alpha value is -2.90. The lowest BCUT2D eigenvalue weighted by Gasteiger charge is -2.40. The molecular formula is C30H25IO4. The molecule has 1 N–H and O–H groups in total. The van der Waals surface area contributed by atoms with Crippen molar-refractivity contribution in [2.24, 2.45) is 0 Å². The Morgan fingerprint density at radius 1 is 0.914 bits per heavy atom. The van der Waals surface area contributed by atoms with Crippen molar-refractivity contribution in [2.45, 2.75) is 43.5 Å². The largest absolute Gasteiger partial charge is 0.485 e. The monoisotopic (exact) mass is 576 g/mol. The lowest BCUT2D eigenvalue weighted by Crippen LogP contribution is -2.33. The molecule has 1 aliphatic carbocycles. The van der Waals surface area contributed by atoms with Crippen LogP contribution in [0.1, 0.15) is 64.4 Å². The molecule has 35 heavy (non-hydrogen) atoms. The van der Waals surface area contributed by atoms with Crippen LogP contribution in [0.2, 0.25) is 0 Å². The highest BCUT2D eigenvalue weighted by Gasteiger charge is 2.44. The average molecular weight is 576 g/mol. The first-order valence-electron chi connectivity index (χ1n) is 12.0. The van der Waals surface area contributed by atoms with Crippen LogP contribution in [0.25, 0.3) is 0 Å². The third kappa shape index (κ3) is 4.00. The van der Waals surface area contributed by atoms with Crippen LogP contribution >= 0.6 is 22.6 Å². The summed E-state index contributed by atoms with van der Waals surface area (Å²) in [5.74, 6) is 0.872. The lowest BCUT2D eigenvalue weighted by molar-refractivity contribution is 0.0352. The van der Waals surface area contributed by atoms with Crippen molar-refractivity contribution < 1.29 is 19.4 Å². The second-order valence-electron chi connectivity index (χ2n) is 9.21. The molecule has 176 valence electrons. The number of aliphatic hydroxyl groups is 1. The SMILES string of the molecule is O=C1CC(C2=CCCC=C2)Oc2c1ccc(I)c2C1C(O)c2ccccc2OC1c1ccccc1. The first kappa shape index (κ1) is 22.6. The molecule has 0 aromatic heterocycles. The molecule has 0 spiro atoms. The van der Waals surface area contributed by atoms with Gasteiger partial charge < -0.3 is 14.6 Å². The summed E-state index contributed by atoms with van der Waals surface area (Å²) in [6.07, 6.45) is 7.06. The topological polar surface area (TPSA) is 55.8 Å². The highest BCUT2D eigenvalue weighted by atomic mass is 127. The van der Waals surface area contributed by atoms with Gasteiger partial charge in [0.15, 0.2) is 5.78 Å². The maximum atomic E-state index is 13.3. The molecule has 3 aromatic rings. The summed E-state index contributed by atoms with van der Waals surface area (Å²) < 4.78 is 14.1. The summed E-state index contributed by atoms with van der Waals surface area (Å²) in [6.45, 7) is 0. The van der Waals surface area contributed by atoms with Crippen LogP contribution in [-0.4, -0.2) is 17.0 Å². The Bertz CT molecular complexity index is 1340. The van der Waals surface area contributed by atoms with Crippen molar-refractivity contribution in [3.63, 3.8) is 0 Å². The second kappa shape index (κ2) is 9.28. The summed E-state index contributed by atoms with van der Waals surface area (Å²) in [5.41, 5.74) is 4.17. The van der Waals surface area contributed by atoms with E-state index in [0.29, 0.717) is 23.5 Å². The first-order valence-corrected chi connectivity index (χ1v) is 13.1. The summed E-state index contributed by atoms with van der Waals surface area (Å²) in [5, 5.41) is 11.8. The standard InChI is InChI=1S/C30H25IO4/c31-22-16-15-20-23(32)17-25(18-9-3-1-4-10-18)35-30(20)26(22)27-28(33)21-13-7-8-14-24(21)34-29(27)19-11-5-2-6-12-19/h2-3,5-16,25,27-29,33H,1,4,17H2. The van der Waals surface area contributed by atoms with E-state index >= 15 is 0 Å². The number of carbonyl (C=O) groups is 1. The zero-order valence-electron chi connectivity index (χ0n) is 19.1. The van der Waals surface area contributed by atoms with E-state index in [4.69, 9.17) is 9.47 Å². The summed E-state index contributed by atoms with van der Waals surface area (Å²) in [6, 6.07) is 21.4. The fourth-order valence-electron chi connectivity index (χ4n) is 5.38. The van der Waals surface area contributed by atoms with Gasteiger partial charge in [0, 0.05) is 14.7 Å². The van der Waals surface area contributed by atoms with E-state index in [0.717, 1.165) is 38.7 Å². The smallest absolute Gasteiger partial charge is 0.170 e. The maximum absolute atomic E-state index is 13.3. The second-order valence-corrected chi connectivity index (χ2v) is 10.4. The van der Waals surface area contributed by atoms with Crippen LogP contribution in [0, 0.1) is 3.57 Å². The number of hydrogen-bond donors (Lipinski definition) is 1. The molecule has 2 aliphatic heterocycles. The number of allylic oxidation sites excluding steroid dienone is 2. The minimum absolute atomic E-state index is 0.0663. The zero-order valence-corrected chi connectivity index (χ0v) is 21.2. The fraction of sp³-hybridized carbons (Fsp3) is 0.233. The van der Waals surface area contributed by atoms with Gasteiger partial charge in [-0.05, 0) is 64.8 Å². The highest BCUT2D eigenvalue weighted by Crippen LogP contribution is 2.54. The number of halogens is 1. The number of para-hydroxylation sites is 1. The normalized spacial score (nSPS) is 25.1. The van der Waals surface area contributed by atoms with Crippen molar-refractivity contribution in [3.05, 3.63) is 116 Å². The number of aliphatic hydroxyl groups excluding tert-OH is 1. The minimum Gasteiger partial charge on any atom is -0.485 e. The molecule has 3 aliphatic rings. The van der Waals surface area contributed by atoms with E-state index < -0.39 is 18.1 Å². The molecule has 4 atom stereocenters. The van der Waals surface area contributed by atoms with Crippen LogP contribution < -0.4 is 9.47 Å². The van der Waals surface area contributed by atoms with Gasteiger partial charge in [-0.1, -0.05) is 66.8 Å². The molecular weight excluding hydrogens is 551 g/mol. The third-order valence-corrected chi connectivity index (χ3v) is 8.03. The first-order chi connectivity index (χ1) is 17.1. The van der Waals surface area contributed by atoms with E-state index in [1.54, 1.807) is 0 Å². The maximum Gasteiger partial charge on any atom is 0.170 e. The molecule has 0 amide bonds. The molecule has 2 heterocycles. The molecule has 0 saturated carbocycles. The Labute approximate surface area is 218 Å². The van der Waals surface area contributed by atoms with Crippen LogP contribution in [0.5, 0.6) is 11.5 Å². The summed E-state index contributed by atoms with van der Waals surface area (Å²) in [4.78, 5) is 13.3. The Morgan fingerprint density at radius 3 is 2.51 bits per heavy atom. The van der Waals surface area contributed by atoms with Gasteiger partial charge in [-0.3, -0.25) is 4.79 Å².